The van der Waals surface area contributed by atoms with Gasteiger partial charge in [0.2, 0.25) is 0 Å². The van der Waals surface area contributed by atoms with Crippen molar-refractivity contribution < 1.29 is 4.39 Å². The Kier molecular flexibility index (Phi) is 6.39. The first-order chi connectivity index (χ1) is 7.27. The highest BCUT2D eigenvalue weighted by Crippen LogP contribution is 2.23. The van der Waals surface area contributed by atoms with Gasteiger partial charge in [0.05, 0.1) is 17.1 Å². The molecule has 0 aromatic heterocycles. The summed E-state index contributed by atoms with van der Waals surface area (Å²) in [5, 5.41) is 2.94. The molecule has 2 rings (SSSR count). The molecule has 0 aliphatic rings. The van der Waals surface area contributed by atoms with Crippen LogP contribution in [0.5, 0.6) is 0 Å². The number of benzene rings is 2. The zero-order chi connectivity index (χ0) is 10.7. The van der Waals surface area contributed by atoms with Crippen molar-refractivity contribution in [1.29, 1.82) is 0 Å². The Labute approximate surface area is 112 Å². The minimum atomic E-state index is -0.291. The van der Waals surface area contributed by atoms with Gasteiger partial charge in [-0.25, -0.2) is 4.39 Å². The lowest BCUT2D eigenvalue weighted by molar-refractivity contribution is 0.632. The number of hydrogen-bond acceptors (Lipinski definition) is 2. The lowest BCUT2D eigenvalue weighted by Crippen LogP contribution is -1.97. The Morgan fingerprint density at radius 1 is 0.824 bits per heavy atom. The van der Waals surface area contributed by atoms with E-state index in [2.05, 4.69) is 5.32 Å². The van der Waals surface area contributed by atoms with Crippen LogP contribution in [0.15, 0.2) is 48.5 Å². The van der Waals surface area contributed by atoms with Crippen molar-refractivity contribution in [2.45, 2.75) is 0 Å². The first kappa shape index (κ1) is 15.6. The lowest BCUT2D eigenvalue weighted by Gasteiger charge is -2.09. The predicted octanol–water partition coefficient (Wildman–Crippen LogP) is 4.00. The number of hydrogen-bond donors (Lipinski definition) is 2. The molecule has 0 saturated carbocycles. The van der Waals surface area contributed by atoms with Crippen molar-refractivity contribution in [3.63, 3.8) is 0 Å². The molecule has 0 bridgehead atoms. The minimum absolute atomic E-state index is 0. The Morgan fingerprint density at radius 3 is 1.94 bits per heavy atom. The van der Waals surface area contributed by atoms with E-state index in [9.17, 15) is 4.39 Å². The topological polar surface area (TPSA) is 38.0 Å². The van der Waals surface area contributed by atoms with Crippen molar-refractivity contribution in [2.24, 2.45) is 0 Å². The van der Waals surface area contributed by atoms with Gasteiger partial charge in [-0.2, -0.15) is 0 Å². The molecule has 17 heavy (non-hydrogen) atoms. The minimum Gasteiger partial charge on any atom is -0.397 e. The van der Waals surface area contributed by atoms with E-state index in [4.69, 9.17) is 5.73 Å². The third kappa shape index (κ3) is 3.80. The predicted molar refractivity (Wildman–Crippen MR) is 75.0 cm³/mol. The number of anilines is 3. The van der Waals surface area contributed by atoms with E-state index in [1.165, 1.54) is 6.07 Å². The van der Waals surface area contributed by atoms with E-state index in [-0.39, 0.29) is 30.6 Å². The molecule has 0 aliphatic heterocycles. The maximum absolute atomic E-state index is 13.3. The van der Waals surface area contributed by atoms with Gasteiger partial charge in [-0.15, -0.1) is 24.8 Å². The molecule has 0 amide bonds. The van der Waals surface area contributed by atoms with Crippen molar-refractivity contribution in [3.05, 3.63) is 54.3 Å². The van der Waals surface area contributed by atoms with E-state index >= 15 is 0 Å². The van der Waals surface area contributed by atoms with Crippen LogP contribution < -0.4 is 11.1 Å². The van der Waals surface area contributed by atoms with E-state index in [1.807, 2.05) is 18.2 Å². The number of nitrogen functional groups attached to an aromatic ring is 1. The van der Waals surface area contributed by atoms with Crippen LogP contribution in [0.2, 0.25) is 0 Å². The Bertz CT molecular complexity index is 434. The highest BCUT2D eigenvalue weighted by Gasteiger charge is 2.02. The maximum atomic E-state index is 13.3. The molecule has 0 atom stereocenters. The zero-order valence-electron chi connectivity index (χ0n) is 8.89. The molecule has 92 valence electrons. The summed E-state index contributed by atoms with van der Waals surface area (Å²) < 4.78 is 13.3. The first-order valence-electron chi connectivity index (χ1n) is 4.63. The third-order valence-corrected chi connectivity index (χ3v) is 2.10. The van der Waals surface area contributed by atoms with Crippen molar-refractivity contribution in [3.8, 4) is 0 Å². The average molecular weight is 275 g/mol. The SMILES string of the molecule is Cl.Cl.Nc1ccccc1Nc1ccccc1F. The fourth-order valence-electron chi connectivity index (χ4n) is 1.32. The summed E-state index contributed by atoms with van der Waals surface area (Å²) in [6.07, 6.45) is 0. The molecule has 0 spiro atoms. The average Bonchev–Trinajstić information content (AvgIpc) is 2.24. The van der Waals surface area contributed by atoms with Crippen LogP contribution in [0, 0.1) is 5.82 Å². The van der Waals surface area contributed by atoms with Gasteiger partial charge >= 0.3 is 0 Å². The molecular formula is C12H13Cl2FN2. The van der Waals surface area contributed by atoms with Gasteiger partial charge in [-0.05, 0) is 24.3 Å². The normalized spacial score (nSPS) is 8.76. The van der Waals surface area contributed by atoms with Crippen LogP contribution in [0.25, 0.3) is 0 Å². The van der Waals surface area contributed by atoms with Crippen molar-refractivity contribution in [2.75, 3.05) is 11.1 Å². The van der Waals surface area contributed by atoms with Crippen molar-refractivity contribution in [1.82, 2.24) is 0 Å². The molecule has 2 nitrogen and oxygen atoms in total. The summed E-state index contributed by atoms with van der Waals surface area (Å²) in [4.78, 5) is 0. The van der Waals surface area contributed by atoms with Crippen LogP contribution in [0.4, 0.5) is 21.5 Å². The molecule has 5 heteroatoms. The monoisotopic (exact) mass is 274 g/mol. The van der Waals surface area contributed by atoms with E-state index in [1.54, 1.807) is 24.3 Å². The molecule has 0 fully saturated rings. The van der Waals surface area contributed by atoms with Gasteiger partial charge in [0.1, 0.15) is 5.82 Å². The number of rotatable bonds is 2. The second-order valence-corrected chi connectivity index (χ2v) is 3.19. The van der Waals surface area contributed by atoms with Gasteiger partial charge in [0.25, 0.3) is 0 Å². The standard InChI is InChI=1S/C12H11FN2.2ClH/c13-9-5-1-3-7-11(9)15-12-8-4-2-6-10(12)14;;/h1-8,15H,14H2;2*1H. The Hall–Kier alpha value is -1.45. The van der Waals surface area contributed by atoms with Crippen LogP contribution >= 0.6 is 24.8 Å². The molecule has 3 N–H and O–H groups in total. The summed E-state index contributed by atoms with van der Waals surface area (Å²) in [6.45, 7) is 0. The van der Waals surface area contributed by atoms with E-state index < -0.39 is 0 Å². The van der Waals surface area contributed by atoms with Gasteiger partial charge in [0.15, 0.2) is 0 Å². The molecule has 0 aliphatic carbocycles. The third-order valence-electron chi connectivity index (χ3n) is 2.10. The highest BCUT2D eigenvalue weighted by atomic mass is 35.5. The zero-order valence-corrected chi connectivity index (χ0v) is 10.5. The molecule has 0 heterocycles. The van der Waals surface area contributed by atoms with Gasteiger partial charge in [-0.3, -0.25) is 0 Å². The van der Waals surface area contributed by atoms with Crippen LogP contribution in [0.3, 0.4) is 0 Å². The quantitative estimate of drug-likeness (QED) is 0.813. The van der Waals surface area contributed by atoms with Crippen LogP contribution in [-0.2, 0) is 0 Å². The number of halogens is 3. The summed E-state index contributed by atoms with van der Waals surface area (Å²) in [7, 11) is 0. The second-order valence-electron chi connectivity index (χ2n) is 3.19. The molecule has 2 aromatic rings. The van der Waals surface area contributed by atoms with E-state index in [0.29, 0.717) is 17.1 Å². The fraction of sp³-hybridized carbons (Fsp3) is 0. The number of nitrogens with two attached hydrogens (primary N) is 1. The summed E-state index contributed by atoms with van der Waals surface area (Å²) in [5.74, 6) is -0.291. The highest BCUT2D eigenvalue weighted by molar-refractivity contribution is 5.85. The summed E-state index contributed by atoms with van der Waals surface area (Å²) in [5.41, 5.74) is 7.47. The molecular weight excluding hydrogens is 262 g/mol. The summed E-state index contributed by atoms with van der Waals surface area (Å²) in [6, 6.07) is 13.7. The van der Waals surface area contributed by atoms with Gasteiger partial charge < -0.3 is 11.1 Å². The van der Waals surface area contributed by atoms with Gasteiger partial charge in [-0.1, -0.05) is 24.3 Å². The number of para-hydroxylation sites is 3. The Morgan fingerprint density at radius 2 is 1.35 bits per heavy atom. The van der Waals surface area contributed by atoms with E-state index in [0.717, 1.165) is 0 Å². The molecule has 0 radical (unpaired) electrons. The second kappa shape index (κ2) is 6.99. The Balaban J connectivity index is 0.00000128. The van der Waals surface area contributed by atoms with Crippen molar-refractivity contribution >= 4 is 41.9 Å². The molecule has 0 saturated heterocycles. The smallest absolute Gasteiger partial charge is 0.146 e. The van der Waals surface area contributed by atoms with Crippen LogP contribution in [-0.4, -0.2) is 0 Å². The molecule has 0 unspecified atom stereocenters. The maximum Gasteiger partial charge on any atom is 0.146 e. The van der Waals surface area contributed by atoms with Gasteiger partial charge in [0, 0.05) is 0 Å². The first-order valence-corrected chi connectivity index (χ1v) is 4.63. The van der Waals surface area contributed by atoms with Crippen LogP contribution in [0.1, 0.15) is 0 Å². The fourth-order valence-corrected chi connectivity index (χ4v) is 1.32. The lowest BCUT2D eigenvalue weighted by atomic mass is 10.2. The summed E-state index contributed by atoms with van der Waals surface area (Å²) >= 11 is 0. The molecule has 2 aromatic carbocycles. The number of nitrogens with one attached hydrogen (secondary N) is 1. The largest absolute Gasteiger partial charge is 0.397 e.